The number of halogens is 4. The first kappa shape index (κ1) is 26.9. The summed E-state index contributed by atoms with van der Waals surface area (Å²) < 4.78 is 43.2. The van der Waals surface area contributed by atoms with Gasteiger partial charge in [-0.2, -0.15) is 18.3 Å². The first-order chi connectivity index (χ1) is 17.3. The van der Waals surface area contributed by atoms with Crippen LogP contribution in [0.3, 0.4) is 0 Å². The van der Waals surface area contributed by atoms with E-state index >= 15 is 0 Å². The van der Waals surface area contributed by atoms with Gasteiger partial charge in [0, 0.05) is 43.8 Å². The Morgan fingerprint density at radius 3 is 2.49 bits per heavy atom. The van der Waals surface area contributed by atoms with Gasteiger partial charge in [0.25, 0.3) is 0 Å². The monoisotopic (exact) mass is 531 g/mol. The second-order valence-electron chi connectivity index (χ2n) is 10.6. The molecular weight excluding hydrogens is 499 g/mol. The maximum Gasteiger partial charge on any atom is 0.416 e. The molecule has 1 fully saturated rings. The summed E-state index contributed by atoms with van der Waals surface area (Å²) in [6, 6.07) is 12.9. The van der Waals surface area contributed by atoms with Crippen molar-refractivity contribution < 1.29 is 13.2 Å². The molecular formula is C28H33ClF3N5. The Balaban J connectivity index is 1.64. The Bertz CT molecular complexity index is 1290. The van der Waals surface area contributed by atoms with Gasteiger partial charge in [-0.25, -0.2) is 0 Å². The molecule has 0 saturated carbocycles. The molecule has 0 spiro atoms. The maximum atomic E-state index is 13.8. The smallest absolute Gasteiger partial charge is 0.398 e. The van der Waals surface area contributed by atoms with Crippen molar-refractivity contribution in [2.24, 2.45) is 7.05 Å². The lowest BCUT2D eigenvalue weighted by Gasteiger charge is -2.33. The largest absolute Gasteiger partial charge is 0.416 e. The van der Waals surface area contributed by atoms with E-state index in [2.05, 4.69) is 43.4 Å². The summed E-state index contributed by atoms with van der Waals surface area (Å²) >= 11 is 6.32. The number of rotatable bonds is 6. The van der Waals surface area contributed by atoms with Crippen LogP contribution in [0.25, 0.3) is 5.70 Å². The number of nitrogens with two attached hydrogens (primary N) is 1. The van der Waals surface area contributed by atoms with Gasteiger partial charge in [-0.15, -0.1) is 0 Å². The molecule has 0 aliphatic carbocycles. The fraction of sp³-hybridized carbons (Fsp3) is 0.393. The van der Waals surface area contributed by atoms with Crippen LogP contribution >= 0.6 is 11.6 Å². The number of likely N-dealkylation sites (tertiary alicyclic amines) is 1. The van der Waals surface area contributed by atoms with Gasteiger partial charge in [-0.1, -0.05) is 57.2 Å². The number of benzene rings is 2. The van der Waals surface area contributed by atoms with Crippen molar-refractivity contribution in [2.45, 2.75) is 51.4 Å². The van der Waals surface area contributed by atoms with E-state index in [0.29, 0.717) is 17.3 Å². The predicted octanol–water partition coefficient (Wildman–Crippen LogP) is 6.72. The van der Waals surface area contributed by atoms with Crippen molar-refractivity contribution in [2.75, 3.05) is 23.7 Å². The molecule has 0 bridgehead atoms. The molecule has 9 heteroatoms. The summed E-state index contributed by atoms with van der Waals surface area (Å²) in [6.07, 6.45) is -3.69. The molecule has 5 nitrogen and oxygen atoms in total. The molecule has 2 N–H and O–H groups in total. The van der Waals surface area contributed by atoms with Crippen LogP contribution < -0.4 is 10.6 Å². The Hall–Kier alpha value is -3.13. The molecule has 198 valence electrons. The highest BCUT2D eigenvalue weighted by molar-refractivity contribution is 6.33. The molecule has 1 saturated heterocycles. The lowest BCUT2D eigenvalue weighted by Crippen LogP contribution is -2.37. The summed E-state index contributed by atoms with van der Waals surface area (Å²) in [5.41, 5.74) is 9.30. The van der Waals surface area contributed by atoms with Crippen molar-refractivity contribution >= 4 is 28.7 Å². The number of aromatic nitrogens is 2. The van der Waals surface area contributed by atoms with Crippen molar-refractivity contribution in [3.63, 3.8) is 0 Å². The fourth-order valence-corrected chi connectivity index (χ4v) is 4.93. The number of aryl methyl sites for hydroxylation is 1. The lowest BCUT2D eigenvalue weighted by molar-refractivity contribution is -0.138. The van der Waals surface area contributed by atoms with Gasteiger partial charge in [0.15, 0.2) is 0 Å². The van der Waals surface area contributed by atoms with Crippen LogP contribution in [-0.4, -0.2) is 33.8 Å². The molecule has 1 aromatic heterocycles. The molecule has 1 atom stereocenters. The normalized spacial score (nSPS) is 16.3. The van der Waals surface area contributed by atoms with E-state index in [1.54, 1.807) is 18.2 Å². The Kier molecular flexibility index (Phi) is 7.25. The molecule has 2 heterocycles. The first-order valence-corrected chi connectivity index (χ1v) is 12.6. The molecule has 4 rings (SSSR count). The summed E-state index contributed by atoms with van der Waals surface area (Å²) in [4.78, 5) is 4.17. The Labute approximate surface area is 221 Å². The Morgan fingerprint density at radius 2 is 1.86 bits per heavy atom. The van der Waals surface area contributed by atoms with Gasteiger partial charge < -0.3 is 15.5 Å². The third kappa shape index (κ3) is 5.74. The maximum absolute atomic E-state index is 13.8. The molecule has 2 aromatic carbocycles. The van der Waals surface area contributed by atoms with Crippen LogP contribution in [0.5, 0.6) is 0 Å². The van der Waals surface area contributed by atoms with Crippen molar-refractivity contribution in [3.05, 3.63) is 82.6 Å². The van der Waals surface area contributed by atoms with Gasteiger partial charge in [-0.05, 0) is 42.3 Å². The number of hydrogen-bond acceptors (Lipinski definition) is 4. The molecule has 0 amide bonds. The molecule has 37 heavy (non-hydrogen) atoms. The van der Waals surface area contributed by atoms with Gasteiger partial charge in [0.2, 0.25) is 0 Å². The topological polar surface area (TPSA) is 50.3 Å². The van der Waals surface area contributed by atoms with E-state index in [1.165, 1.54) is 12.1 Å². The number of anilines is 2. The Morgan fingerprint density at radius 1 is 1.16 bits per heavy atom. The van der Waals surface area contributed by atoms with Crippen LogP contribution in [0.15, 0.2) is 55.1 Å². The van der Waals surface area contributed by atoms with E-state index in [9.17, 15) is 13.2 Å². The average Bonchev–Trinajstić information content (AvgIpc) is 3.46. The minimum atomic E-state index is -4.44. The fourth-order valence-electron chi connectivity index (χ4n) is 4.75. The summed E-state index contributed by atoms with van der Waals surface area (Å²) in [7, 11) is 1.90. The molecule has 3 aromatic rings. The highest BCUT2D eigenvalue weighted by Gasteiger charge is 2.35. The van der Waals surface area contributed by atoms with Gasteiger partial charge in [0.1, 0.15) is 0 Å². The molecule has 1 aliphatic heterocycles. The van der Waals surface area contributed by atoms with E-state index in [0.717, 1.165) is 41.8 Å². The lowest BCUT2D eigenvalue weighted by atomic mass is 9.92. The van der Waals surface area contributed by atoms with Crippen molar-refractivity contribution in [1.29, 1.82) is 0 Å². The average molecular weight is 532 g/mol. The predicted molar refractivity (Wildman–Crippen MR) is 144 cm³/mol. The van der Waals surface area contributed by atoms with E-state index in [1.807, 2.05) is 22.7 Å². The second-order valence-corrected chi connectivity index (χ2v) is 11.0. The number of nitrogen functional groups attached to an aromatic ring is 1. The third-order valence-corrected chi connectivity index (χ3v) is 7.24. The van der Waals surface area contributed by atoms with E-state index in [-0.39, 0.29) is 23.6 Å². The zero-order valence-electron chi connectivity index (χ0n) is 21.6. The first-order valence-electron chi connectivity index (χ1n) is 12.2. The second kappa shape index (κ2) is 9.97. The summed E-state index contributed by atoms with van der Waals surface area (Å²) in [5.74, 6) is 0. The molecule has 0 radical (unpaired) electrons. The van der Waals surface area contributed by atoms with Crippen LogP contribution in [0.2, 0.25) is 5.02 Å². The molecule has 0 unspecified atom stereocenters. The van der Waals surface area contributed by atoms with Crippen LogP contribution in [0.1, 0.15) is 49.7 Å². The van der Waals surface area contributed by atoms with Crippen molar-refractivity contribution in [3.8, 4) is 0 Å². The highest BCUT2D eigenvalue weighted by atomic mass is 35.5. The van der Waals surface area contributed by atoms with Crippen LogP contribution in [0, 0.1) is 0 Å². The zero-order chi connectivity index (χ0) is 27.1. The van der Waals surface area contributed by atoms with Crippen LogP contribution in [0.4, 0.5) is 24.5 Å². The van der Waals surface area contributed by atoms with E-state index in [4.69, 9.17) is 17.3 Å². The zero-order valence-corrected chi connectivity index (χ0v) is 22.4. The van der Waals surface area contributed by atoms with Gasteiger partial charge in [-0.3, -0.25) is 4.68 Å². The number of nitrogens with zero attached hydrogens (tertiary/aromatic N) is 4. The SMILES string of the molecule is C=C(c1cc(C(C)(C)C)nn1C)N1CC[C@H](N(Cc2ccccc2C(F)(F)F)c2ccc(N)c(Cl)c2)C1. The summed E-state index contributed by atoms with van der Waals surface area (Å²) in [5, 5.41) is 5.04. The molecule has 1 aliphatic rings. The minimum absolute atomic E-state index is 0.0620. The summed E-state index contributed by atoms with van der Waals surface area (Å²) in [6.45, 7) is 12.1. The van der Waals surface area contributed by atoms with E-state index < -0.39 is 11.7 Å². The van der Waals surface area contributed by atoms with Gasteiger partial charge in [0.05, 0.1) is 33.4 Å². The standard InChI is InChI=1S/C28H33ClF3N5/c1-18(25-15-26(27(2,3)4)34-35(25)5)36-13-12-21(17-36)37(20-10-11-24(33)23(29)14-20)16-19-8-6-7-9-22(19)28(30,31)32/h6-11,14-15,21H,1,12-13,16-17,33H2,2-5H3/t21-/m0/s1. The quantitative estimate of drug-likeness (QED) is 0.359. The van der Waals surface area contributed by atoms with Crippen molar-refractivity contribution in [1.82, 2.24) is 14.7 Å². The van der Waals surface area contributed by atoms with Gasteiger partial charge >= 0.3 is 6.18 Å². The minimum Gasteiger partial charge on any atom is -0.398 e. The number of hydrogen-bond donors (Lipinski definition) is 1. The number of alkyl halides is 3. The third-order valence-electron chi connectivity index (χ3n) is 6.91. The highest BCUT2D eigenvalue weighted by Crippen LogP contribution is 2.36. The van der Waals surface area contributed by atoms with Crippen LogP contribution in [-0.2, 0) is 25.2 Å².